The molecule has 0 radical (unpaired) electrons. The fraction of sp³-hybridized carbons (Fsp3) is 0.176. The second-order valence-corrected chi connectivity index (χ2v) is 7.53. The highest BCUT2D eigenvalue weighted by Crippen LogP contribution is 2.28. The van der Waals surface area contributed by atoms with E-state index in [9.17, 15) is 18.4 Å². The van der Waals surface area contributed by atoms with Gasteiger partial charge in [0.1, 0.15) is 5.82 Å². The summed E-state index contributed by atoms with van der Waals surface area (Å²) in [7, 11) is 0. The Bertz CT molecular complexity index is 1020. The standard InChI is InChI=1S/C17H14BrF2N5O3S/c18-10-6-9(19)7-11(20)15(10)22-14(27)8-29-17-24-23-16(12-2-1-5-28-12)25(17)4-3-13(21)26/h1-2,5-7H,3-4,8H2,(H2,21,26)(H,22,27). The number of anilines is 1. The van der Waals surface area contributed by atoms with Crippen molar-refractivity contribution >= 4 is 45.2 Å². The van der Waals surface area contributed by atoms with E-state index in [4.69, 9.17) is 10.2 Å². The van der Waals surface area contributed by atoms with Crippen molar-refractivity contribution in [2.75, 3.05) is 11.1 Å². The Kier molecular flexibility index (Phi) is 6.64. The van der Waals surface area contributed by atoms with Gasteiger partial charge < -0.3 is 15.5 Å². The third-order valence-electron chi connectivity index (χ3n) is 3.64. The van der Waals surface area contributed by atoms with E-state index in [1.807, 2.05) is 0 Å². The van der Waals surface area contributed by atoms with Gasteiger partial charge in [-0.2, -0.15) is 0 Å². The smallest absolute Gasteiger partial charge is 0.234 e. The molecule has 0 unspecified atom stereocenters. The first-order valence-corrected chi connectivity index (χ1v) is 9.95. The topological polar surface area (TPSA) is 116 Å². The summed E-state index contributed by atoms with van der Waals surface area (Å²) in [4.78, 5) is 23.4. The van der Waals surface area contributed by atoms with Crippen molar-refractivity contribution in [2.24, 2.45) is 5.73 Å². The molecule has 0 fully saturated rings. The van der Waals surface area contributed by atoms with E-state index in [1.165, 1.54) is 6.26 Å². The predicted molar refractivity (Wildman–Crippen MR) is 105 cm³/mol. The van der Waals surface area contributed by atoms with E-state index in [-0.39, 0.29) is 28.9 Å². The highest BCUT2D eigenvalue weighted by Gasteiger charge is 2.19. The minimum atomic E-state index is -0.903. The molecular weight excluding hydrogens is 472 g/mol. The molecule has 0 aliphatic carbocycles. The number of amides is 2. The van der Waals surface area contributed by atoms with Crippen LogP contribution in [0.25, 0.3) is 11.6 Å². The van der Waals surface area contributed by atoms with Crippen LogP contribution in [0.4, 0.5) is 14.5 Å². The number of hydrogen-bond acceptors (Lipinski definition) is 6. The summed E-state index contributed by atoms with van der Waals surface area (Å²) in [5, 5.41) is 10.8. The number of hydrogen-bond donors (Lipinski definition) is 2. The molecule has 0 spiro atoms. The SMILES string of the molecule is NC(=O)CCn1c(SCC(=O)Nc2c(F)cc(F)cc2Br)nnc1-c1ccco1. The zero-order valence-corrected chi connectivity index (χ0v) is 17.1. The van der Waals surface area contributed by atoms with Crippen molar-refractivity contribution in [3.8, 4) is 11.6 Å². The van der Waals surface area contributed by atoms with Crippen LogP contribution in [-0.4, -0.2) is 32.3 Å². The molecule has 8 nitrogen and oxygen atoms in total. The molecule has 12 heteroatoms. The molecule has 1 aromatic carbocycles. The number of aromatic nitrogens is 3. The molecule has 3 N–H and O–H groups in total. The fourth-order valence-corrected chi connectivity index (χ4v) is 3.65. The first-order chi connectivity index (χ1) is 13.8. The molecular formula is C17H14BrF2N5O3S. The predicted octanol–water partition coefficient (Wildman–Crippen LogP) is 3.19. The maximum Gasteiger partial charge on any atom is 0.234 e. The average molecular weight is 486 g/mol. The second-order valence-electron chi connectivity index (χ2n) is 5.73. The number of nitrogens with one attached hydrogen (secondary N) is 1. The van der Waals surface area contributed by atoms with Crippen LogP contribution in [0, 0.1) is 11.6 Å². The summed E-state index contributed by atoms with van der Waals surface area (Å²) in [6.45, 7) is 0.195. The molecule has 0 aliphatic heterocycles. The van der Waals surface area contributed by atoms with Crippen LogP contribution in [0.15, 0.2) is 44.6 Å². The first kappa shape index (κ1) is 21.0. The molecule has 0 saturated heterocycles. The molecule has 2 aromatic heterocycles. The van der Waals surface area contributed by atoms with Gasteiger partial charge in [-0.15, -0.1) is 10.2 Å². The van der Waals surface area contributed by atoms with E-state index >= 15 is 0 Å². The van der Waals surface area contributed by atoms with Gasteiger partial charge in [-0.25, -0.2) is 8.78 Å². The van der Waals surface area contributed by atoms with Crippen molar-refractivity contribution in [2.45, 2.75) is 18.1 Å². The summed E-state index contributed by atoms with van der Waals surface area (Å²) in [5.74, 6) is -2.02. The summed E-state index contributed by atoms with van der Waals surface area (Å²) in [6, 6.07) is 5.07. The van der Waals surface area contributed by atoms with Crippen LogP contribution in [0.2, 0.25) is 0 Å². The molecule has 29 heavy (non-hydrogen) atoms. The van der Waals surface area contributed by atoms with Crippen LogP contribution in [0.1, 0.15) is 6.42 Å². The van der Waals surface area contributed by atoms with E-state index in [0.29, 0.717) is 22.8 Å². The third kappa shape index (κ3) is 5.21. The molecule has 0 aliphatic rings. The first-order valence-electron chi connectivity index (χ1n) is 8.17. The maximum absolute atomic E-state index is 13.9. The van der Waals surface area contributed by atoms with Gasteiger partial charge in [0.25, 0.3) is 0 Å². The van der Waals surface area contributed by atoms with Gasteiger partial charge in [-0.05, 0) is 34.1 Å². The largest absolute Gasteiger partial charge is 0.461 e. The lowest BCUT2D eigenvalue weighted by atomic mass is 10.3. The Morgan fingerprint density at radius 1 is 1.31 bits per heavy atom. The monoisotopic (exact) mass is 485 g/mol. The Hall–Kier alpha value is -2.73. The Balaban J connectivity index is 1.73. The van der Waals surface area contributed by atoms with E-state index in [2.05, 4.69) is 31.4 Å². The fourth-order valence-electron chi connectivity index (χ4n) is 2.37. The maximum atomic E-state index is 13.9. The van der Waals surface area contributed by atoms with Crippen molar-refractivity contribution in [1.82, 2.24) is 14.8 Å². The minimum absolute atomic E-state index is 0.0409. The highest BCUT2D eigenvalue weighted by atomic mass is 79.9. The van der Waals surface area contributed by atoms with Gasteiger partial charge in [0.05, 0.1) is 17.7 Å². The number of furan rings is 1. The van der Waals surface area contributed by atoms with Crippen LogP contribution in [0.3, 0.4) is 0 Å². The Labute approximate surface area is 176 Å². The summed E-state index contributed by atoms with van der Waals surface area (Å²) in [5.41, 5.74) is 5.06. The number of rotatable bonds is 8. The number of thioether (sulfide) groups is 1. The second kappa shape index (κ2) is 9.18. The molecule has 3 rings (SSSR count). The normalized spacial score (nSPS) is 10.9. The van der Waals surface area contributed by atoms with Gasteiger partial charge in [-0.1, -0.05) is 11.8 Å². The van der Waals surface area contributed by atoms with Crippen LogP contribution < -0.4 is 11.1 Å². The molecule has 0 saturated carbocycles. The number of halogens is 3. The molecule has 2 amide bonds. The number of nitrogens with zero attached hydrogens (tertiary/aromatic N) is 3. The quantitative estimate of drug-likeness (QED) is 0.473. The number of carbonyl (C=O) groups excluding carboxylic acids is 2. The van der Waals surface area contributed by atoms with Gasteiger partial charge in [0.15, 0.2) is 22.6 Å². The molecule has 2 heterocycles. The van der Waals surface area contributed by atoms with Gasteiger partial charge >= 0.3 is 0 Å². The van der Waals surface area contributed by atoms with Gasteiger partial charge in [0, 0.05) is 23.5 Å². The Morgan fingerprint density at radius 2 is 2.10 bits per heavy atom. The highest BCUT2D eigenvalue weighted by molar-refractivity contribution is 9.10. The zero-order chi connectivity index (χ0) is 21.0. The lowest BCUT2D eigenvalue weighted by molar-refractivity contribution is -0.118. The van der Waals surface area contributed by atoms with Crippen molar-refractivity contribution in [3.63, 3.8) is 0 Å². The van der Waals surface area contributed by atoms with E-state index in [1.54, 1.807) is 16.7 Å². The lowest BCUT2D eigenvalue weighted by Gasteiger charge is -2.10. The van der Waals surface area contributed by atoms with Crippen LogP contribution in [-0.2, 0) is 16.1 Å². The molecule has 152 valence electrons. The van der Waals surface area contributed by atoms with Gasteiger partial charge in [0.2, 0.25) is 11.8 Å². The molecule has 0 bridgehead atoms. The van der Waals surface area contributed by atoms with Crippen molar-refractivity contribution < 1.29 is 22.8 Å². The number of carbonyl (C=O) groups is 2. The van der Waals surface area contributed by atoms with E-state index < -0.39 is 23.4 Å². The van der Waals surface area contributed by atoms with E-state index in [0.717, 1.165) is 17.8 Å². The number of primary amides is 1. The number of benzene rings is 1. The lowest BCUT2D eigenvalue weighted by Crippen LogP contribution is -2.17. The van der Waals surface area contributed by atoms with Crippen molar-refractivity contribution in [1.29, 1.82) is 0 Å². The number of nitrogens with two attached hydrogens (primary N) is 1. The summed E-state index contributed by atoms with van der Waals surface area (Å²) in [6.07, 6.45) is 1.51. The summed E-state index contributed by atoms with van der Waals surface area (Å²) >= 11 is 4.04. The third-order valence-corrected chi connectivity index (χ3v) is 5.24. The van der Waals surface area contributed by atoms with Crippen molar-refractivity contribution in [3.05, 3.63) is 46.6 Å². The molecule has 3 aromatic rings. The average Bonchev–Trinajstić information content (AvgIpc) is 3.30. The van der Waals surface area contributed by atoms with Gasteiger partial charge in [-0.3, -0.25) is 14.2 Å². The van der Waals surface area contributed by atoms with Crippen LogP contribution >= 0.6 is 27.7 Å². The summed E-state index contributed by atoms with van der Waals surface area (Å²) < 4.78 is 34.0. The van der Waals surface area contributed by atoms with Crippen LogP contribution in [0.5, 0.6) is 0 Å². The molecule has 0 atom stereocenters. The Morgan fingerprint density at radius 3 is 2.76 bits per heavy atom. The zero-order valence-electron chi connectivity index (χ0n) is 14.7. The minimum Gasteiger partial charge on any atom is -0.461 e.